The minimum Gasteiger partial charge on any atom is -0.376 e. The molecule has 6 nitrogen and oxygen atoms in total. The standard InChI is InChI=1S/C12H17N5O/c1-9-15-16-11-10(13-6-7-17(9)11)14-8-12(18-2)4-3-5-12/h6-7H,3-5,8H2,1-2H3,(H,13,14). The van der Waals surface area contributed by atoms with Crippen molar-refractivity contribution in [3.8, 4) is 0 Å². The van der Waals surface area contributed by atoms with Crippen molar-refractivity contribution < 1.29 is 4.74 Å². The zero-order valence-electron chi connectivity index (χ0n) is 10.7. The number of fused-ring (bicyclic) bond motifs is 1. The molecule has 0 radical (unpaired) electrons. The number of hydrogen-bond donors (Lipinski definition) is 1. The van der Waals surface area contributed by atoms with Crippen molar-refractivity contribution in [1.29, 1.82) is 0 Å². The van der Waals surface area contributed by atoms with Gasteiger partial charge in [-0.2, -0.15) is 0 Å². The van der Waals surface area contributed by atoms with Crippen LogP contribution in [0.1, 0.15) is 25.1 Å². The van der Waals surface area contributed by atoms with Crippen LogP contribution in [0.3, 0.4) is 0 Å². The Balaban J connectivity index is 1.82. The molecular weight excluding hydrogens is 230 g/mol. The van der Waals surface area contributed by atoms with E-state index in [-0.39, 0.29) is 5.60 Å². The SMILES string of the molecule is COC1(CNc2nccn3c(C)nnc23)CCC1. The lowest BCUT2D eigenvalue weighted by Crippen LogP contribution is -2.45. The van der Waals surface area contributed by atoms with Crippen molar-refractivity contribution in [2.45, 2.75) is 31.8 Å². The van der Waals surface area contributed by atoms with Crippen molar-refractivity contribution in [2.75, 3.05) is 19.0 Å². The molecule has 0 amide bonds. The summed E-state index contributed by atoms with van der Waals surface area (Å²) in [4.78, 5) is 4.33. The fourth-order valence-electron chi connectivity index (χ4n) is 2.34. The van der Waals surface area contributed by atoms with Gasteiger partial charge >= 0.3 is 0 Å². The molecule has 96 valence electrons. The molecule has 2 heterocycles. The van der Waals surface area contributed by atoms with Gasteiger partial charge in [-0.05, 0) is 26.2 Å². The number of ether oxygens (including phenoxy) is 1. The summed E-state index contributed by atoms with van der Waals surface area (Å²) in [6.07, 6.45) is 7.06. The summed E-state index contributed by atoms with van der Waals surface area (Å²) in [7, 11) is 1.77. The summed E-state index contributed by atoms with van der Waals surface area (Å²) in [6, 6.07) is 0. The summed E-state index contributed by atoms with van der Waals surface area (Å²) < 4.78 is 7.51. The molecular formula is C12H17N5O. The summed E-state index contributed by atoms with van der Waals surface area (Å²) in [5, 5.41) is 11.5. The number of hydrogen-bond acceptors (Lipinski definition) is 5. The van der Waals surface area contributed by atoms with E-state index in [4.69, 9.17) is 4.74 Å². The van der Waals surface area contributed by atoms with Gasteiger partial charge in [-0.1, -0.05) is 0 Å². The van der Waals surface area contributed by atoms with Gasteiger partial charge in [0.25, 0.3) is 0 Å². The molecule has 18 heavy (non-hydrogen) atoms. The van der Waals surface area contributed by atoms with E-state index in [1.165, 1.54) is 6.42 Å². The molecule has 1 saturated carbocycles. The van der Waals surface area contributed by atoms with Gasteiger partial charge in [0.05, 0.1) is 5.60 Å². The van der Waals surface area contributed by atoms with E-state index in [1.54, 1.807) is 13.3 Å². The Kier molecular flexibility index (Phi) is 2.66. The second kappa shape index (κ2) is 4.20. The number of anilines is 1. The Bertz CT molecular complexity index is 555. The van der Waals surface area contributed by atoms with Crippen LogP contribution in [0.2, 0.25) is 0 Å². The molecule has 1 aliphatic carbocycles. The van der Waals surface area contributed by atoms with Gasteiger partial charge < -0.3 is 10.1 Å². The lowest BCUT2D eigenvalue weighted by atomic mass is 9.80. The third kappa shape index (κ3) is 1.73. The Morgan fingerprint density at radius 2 is 2.28 bits per heavy atom. The molecule has 2 aromatic rings. The maximum absolute atomic E-state index is 5.58. The molecule has 0 atom stereocenters. The zero-order valence-corrected chi connectivity index (χ0v) is 10.7. The quantitative estimate of drug-likeness (QED) is 0.885. The minimum atomic E-state index is -0.0242. The molecule has 0 saturated heterocycles. The maximum Gasteiger partial charge on any atom is 0.203 e. The molecule has 2 aromatic heterocycles. The van der Waals surface area contributed by atoms with Crippen LogP contribution in [-0.2, 0) is 4.74 Å². The van der Waals surface area contributed by atoms with Crippen LogP contribution in [0.15, 0.2) is 12.4 Å². The highest BCUT2D eigenvalue weighted by atomic mass is 16.5. The molecule has 6 heteroatoms. The normalized spacial score (nSPS) is 17.7. The first-order valence-corrected chi connectivity index (χ1v) is 6.19. The molecule has 0 bridgehead atoms. The third-order valence-electron chi connectivity index (χ3n) is 3.77. The highest BCUT2D eigenvalue weighted by Gasteiger charge is 2.36. The van der Waals surface area contributed by atoms with Gasteiger partial charge in [-0.25, -0.2) is 4.98 Å². The average molecular weight is 247 g/mol. The van der Waals surface area contributed by atoms with E-state index in [2.05, 4.69) is 20.5 Å². The number of aromatic nitrogens is 4. The predicted octanol–water partition coefficient (Wildman–Crippen LogP) is 1.41. The summed E-state index contributed by atoms with van der Waals surface area (Å²) in [6.45, 7) is 2.69. The van der Waals surface area contributed by atoms with E-state index in [0.717, 1.165) is 36.7 Å². The van der Waals surface area contributed by atoms with Crippen LogP contribution in [0, 0.1) is 6.92 Å². The van der Waals surface area contributed by atoms with Crippen molar-refractivity contribution in [3.63, 3.8) is 0 Å². The molecule has 0 aliphatic heterocycles. The van der Waals surface area contributed by atoms with Crippen molar-refractivity contribution in [3.05, 3.63) is 18.2 Å². The van der Waals surface area contributed by atoms with E-state index < -0.39 is 0 Å². The lowest BCUT2D eigenvalue weighted by molar-refractivity contribution is -0.0601. The molecule has 0 unspecified atom stereocenters. The smallest absolute Gasteiger partial charge is 0.203 e. The molecule has 1 N–H and O–H groups in total. The second-order valence-corrected chi connectivity index (χ2v) is 4.81. The predicted molar refractivity (Wildman–Crippen MR) is 67.6 cm³/mol. The summed E-state index contributed by atoms with van der Waals surface area (Å²) in [5.74, 6) is 1.63. The topological polar surface area (TPSA) is 64.3 Å². The van der Waals surface area contributed by atoms with Gasteiger partial charge in [0.2, 0.25) is 5.65 Å². The number of nitrogens with one attached hydrogen (secondary N) is 1. The Labute approximate surface area is 105 Å². The molecule has 3 rings (SSSR count). The average Bonchev–Trinajstić information content (AvgIpc) is 2.72. The van der Waals surface area contributed by atoms with E-state index in [0.29, 0.717) is 0 Å². The van der Waals surface area contributed by atoms with Crippen LogP contribution in [0.4, 0.5) is 5.82 Å². The number of methoxy groups -OCH3 is 1. The van der Waals surface area contributed by atoms with Crippen LogP contribution < -0.4 is 5.32 Å². The van der Waals surface area contributed by atoms with Gasteiger partial charge in [0.1, 0.15) is 5.82 Å². The highest BCUT2D eigenvalue weighted by Crippen LogP contribution is 2.35. The Hall–Kier alpha value is -1.69. The van der Waals surface area contributed by atoms with Crippen LogP contribution in [0.5, 0.6) is 0 Å². The zero-order chi connectivity index (χ0) is 12.6. The van der Waals surface area contributed by atoms with Crippen LogP contribution >= 0.6 is 0 Å². The van der Waals surface area contributed by atoms with Gasteiger partial charge in [0, 0.05) is 26.0 Å². The highest BCUT2D eigenvalue weighted by molar-refractivity contribution is 5.62. The first kappa shape index (κ1) is 11.4. The number of aryl methyl sites for hydroxylation is 1. The maximum atomic E-state index is 5.58. The van der Waals surface area contributed by atoms with Gasteiger partial charge in [-0.15, -0.1) is 10.2 Å². The largest absolute Gasteiger partial charge is 0.376 e. The summed E-state index contributed by atoms with van der Waals surface area (Å²) in [5.41, 5.74) is 0.740. The van der Waals surface area contributed by atoms with Crippen molar-refractivity contribution in [2.24, 2.45) is 0 Å². The third-order valence-corrected chi connectivity index (χ3v) is 3.77. The van der Waals surface area contributed by atoms with Gasteiger partial charge in [-0.3, -0.25) is 4.40 Å². The molecule has 0 spiro atoms. The summed E-state index contributed by atoms with van der Waals surface area (Å²) >= 11 is 0. The van der Waals surface area contributed by atoms with E-state index in [1.807, 2.05) is 17.5 Å². The second-order valence-electron chi connectivity index (χ2n) is 4.81. The number of nitrogens with zero attached hydrogens (tertiary/aromatic N) is 4. The minimum absolute atomic E-state index is 0.0242. The lowest BCUT2D eigenvalue weighted by Gasteiger charge is -2.40. The first-order valence-electron chi connectivity index (χ1n) is 6.19. The van der Waals surface area contributed by atoms with E-state index in [9.17, 15) is 0 Å². The molecule has 0 aromatic carbocycles. The monoisotopic (exact) mass is 247 g/mol. The fourth-order valence-corrected chi connectivity index (χ4v) is 2.34. The first-order chi connectivity index (χ1) is 8.74. The van der Waals surface area contributed by atoms with Crippen LogP contribution in [-0.4, -0.2) is 38.8 Å². The van der Waals surface area contributed by atoms with E-state index >= 15 is 0 Å². The molecule has 1 fully saturated rings. The molecule has 1 aliphatic rings. The van der Waals surface area contributed by atoms with Gasteiger partial charge in [0.15, 0.2) is 5.82 Å². The van der Waals surface area contributed by atoms with Crippen LogP contribution in [0.25, 0.3) is 5.65 Å². The Morgan fingerprint density at radius 1 is 1.44 bits per heavy atom. The van der Waals surface area contributed by atoms with Crippen molar-refractivity contribution >= 4 is 11.5 Å². The fraction of sp³-hybridized carbons (Fsp3) is 0.583. The Morgan fingerprint density at radius 3 is 2.94 bits per heavy atom. The number of rotatable bonds is 4. The van der Waals surface area contributed by atoms with Crippen molar-refractivity contribution in [1.82, 2.24) is 19.6 Å².